The molecule has 2 aromatic rings. The third kappa shape index (κ3) is 1.74. The summed E-state index contributed by atoms with van der Waals surface area (Å²) in [6, 6.07) is 4.34. The lowest BCUT2D eigenvalue weighted by Gasteiger charge is -2.07. The van der Waals surface area contributed by atoms with E-state index in [2.05, 4.69) is 10.3 Å². The van der Waals surface area contributed by atoms with Gasteiger partial charge in [-0.15, -0.1) is 0 Å². The Morgan fingerprint density at radius 2 is 2.29 bits per heavy atom. The summed E-state index contributed by atoms with van der Waals surface area (Å²) in [6.45, 7) is 0.882. The quantitative estimate of drug-likeness (QED) is 0.780. The Bertz CT molecular complexity index is 570. The van der Waals surface area contributed by atoms with E-state index in [-0.39, 0.29) is 17.6 Å². The minimum absolute atomic E-state index is 0.0550. The van der Waals surface area contributed by atoms with Gasteiger partial charge in [-0.2, -0.15) is 0 Å². The van der Waals surface area contributed by atoms with E-state index in [1.807, 2.05) is 0 Å². The molecule has 4 heteroatoms. The number of Topliss-reactive ketones (excluding diaryl/α,β-unsaturated/α-hetero) is 1. The van der Waals surface area contributed by atoms with Crippen molar-refractivity contribution in [2.45, 2.75) is 18.9 Å². The van der Waals surface area contributed by atoms with E-state index in [1.54, 1.807) is 12.3 Å². The van der Waals surface area contributed by atoms with Gasteiger partial charge in [-0.1, -0.05) is 0 Å². The molecular formula is C13H13FN2O. The second-order valence-electron chi connectivity index (χ2n) is 4.41. The largest absolute Gasteiger partial charge is 0.360 e. The number of fused-ring (bicyclic) bond motifs is 1. The summed E-state index contributed by atoms with van der Waals surface area (Å²) >= 11 is 0. The van der Waals surface area contributed by atoms with Crippen LogP contribution in [0.2, 0.25) is 0 Å². The maximum absolute atomic E-state index is 13.2. The predicted octanol–water partition coefficient (Wildman–Crippen LogP) is 2.24. The van der Waals surface area contributed by atoms with Gasteiger partial charge < -0.3 is 10.3 Å². The van der Waals surface area contributed by atoms with Crippen molar-refractivity contribution in [2.75, 3.05) is 6.54 Å². The monoisotopic (exact) mass is 232 g/mol. The topological polar surface area (TPSA) is 44.9 Å². The number of aromatic amines is 1. The number of H-pyrrole nitrogens is 1. The molecule has 1 aromatic carbocycles. The molecule has 3 rings (SSSR count). The first-order valence-electron chi connectivity index (χ1n) is 5.80. The van der Waals surface area contributed by atoms with Gasteiger partial charge in [0, 0.05) is 22.7 Å². The molecule has 88 valence electrons. The predicted molar refractivity (Wildman–Crippen MR) is 63.6 cm³/mol. The van der Waals surface area contributed by atoms with Crippen molar-refractivity contribution in [2.24, 2.45) is 0 Å². The standard InChI is InChI=1S/C13H13FN2O/c14-8-3-4-11-9(6-8)10(7-16-11)13(17)12-2-1-5-15-12/h3-4,6-7,12,15-16H,1-2,5H2/t12-/m1/s1. The van der Waals surface area contributed by atoms with Crippen LogP contribution in [0.3, 0.4) is 0 Å². The van der Waals surface area contributed by atoms with E-state index in [0.717, 1.165) is 24.9 Å². The number of carbonyl (C=O) groups is 1. The van der Waals surface area contributed by atoms with E-state index < -0.39 is 0 Å². The maximum Gasteiger partial charge on any atom is 0.181 e. The molecule has 1 aliphatic rings. The molecule has 1 aliphatic heterocycles. The van der Waals surface area contributed by atoms with Gasteiger partial charge in [0.1, 0.15) is 5.82 Å². The molecular weight excluding hydrogens is 219 g/mol. The van der Waals surface area contributed by atoms with Crippen LogP contribution in [0.4, 0.5) is 4.39 Å². The summed E-state index contributed by atoms with van der Waals surface area (Å²) in [5.74, 6) is -0.259. The van der Waals surface area contributed by atoms with Crippen LogP contribution in [-0.2, 0) is 0 Å². The lowest BCUT2D eigenvalue weighted by molar-refractivity contribution is 0.0954. The van der Waals surface area contributed by atoms with Crippen molar-refractivity contribution in [3.8, 4) is 0 Å². The van der Waals surface area contributed by atoms with E-state index in [9.17, 15) is 9.18 Å². The van der Waals surface area contributed by atoms with Gasteiger partial charge in [0.2, 0.25) is 0 Å². The highest BCUT2D eigenvalue weighted by Gasteiger charge is 2.25. The number of hydrogen-bond donors (Lipinski definition) is 2. The minimum atomic E-state index is -0.314. The Morgan fingerprint density at radius 1 is 1.41 bits per heavy atom. The van der Waals surface area contributed by atoms with E-state index >= 15 is 0 Å². The van der Waals surface area contributed by atoms with Crippen molar-refractivity contribution in [3.05, 3.63) is 35.8 Å². The second-order valence-corrected chi connectivity index (χ2v) is 4.41. The third-order valence-electron chi connectivity index (χ3n) is 3.29. The summed E-state index contributed by atoms with van der Waals surface area (Å²) in [5, 5.41) is 3.84. The summed E-state index contributed by atoms with van der Waals surface area (Å²) < 4.78 is 13.2. The van der Waals surface area contributed by atoms with Crippen LogP contribution in [0, 0.1) is 5.82 Å². The highest BCUT2D eigenvalue weighted by atomic mass is 19.1. The number of rotatable bonds is 2. The van der Waals surface area contributed by atoms with Crippen LogP contribution in [0.25, 0.3) is 10.9 Å². The minimum Gasteiger partial charge on any atom is -0.360 e. The fourth-order valence-corrected chi connectivity index (χ4v) is 2.39. The number of halogens is 1. The van der Waals surface area contributed by atoms with Crippen molar-refractivity contribution < 1.29 is 9.18 Å². The van der Waals surface area contributed by atoms with Crippen LogP contribution >= 0.6 is 0 Å². The number of carbonyl (C=O) groups excluding carboxylic acids is 1. The fourth-order valence-electron chi connectivity index (χ4n) is 2.39. The molecule has 0 saturated carbocycles. The Kier molecular flexibility index (Phi) is 2.44. The average molecular weight is 232 g/mol. The molecule has 0 aliphatic carbocycles. The highest BCUT2D eigenvalue weighted by Crippen LogP contribution is 2.22. The molecule has 0 unspecified atom stereocenters. The molecule has 2 N–H and O–H groups in total. The first-order valence-corrected chi connectivity index (χ1v) is 5.80. The molecule has 1 fully saturated rings. The Morgan fingerprint density at radius 3 is 3.06 bits per heavy atom. The molecule has 0 spiro atoms. The third-order valence-corrected chi connectivity index (χ3v) is 3.29. The van der Waals surface area contributed by atoms with Crippen molar-refractivity contribution in [3.63, 3.8) is 0 Å². The Balaban J connectivity index is 2.04. The lowest BCUT2D eigenvalue weighted by Crippen LogP contribution is -2.30. The summed E-state index contributed by atoms with van der Waals surface area (Å²) in [4.78, 5) is 15.2. The summed E-state index contributed by atoms with van der Waals surface area (Å²) in [6.07, 6.45) is 3.56. The molecule has 0 bridgehead atoms. The van der Waals surface area contributed by atoms with Gasteiger partial charge in [-0.3, -0.25) is 4.79 Å². The zero-order valence-corrected chi connectivity index (χ0v) is 9.29. The van der Waals surface area contributed by atoms with Gasteiger partial charge in [0.15, 0.2) is 5.78 Å². The SMILES string of the molecule is O=C(c1c[nH]c2ccc(F)cc12)[C@H]1CCCN1. The van der Waals surface area contributed by atoms with Gasteiger partial charge in [0.25, 0.3) is 0 Å². The molecule has 17 heavy (non-hydrogen) atoms. The number of aromatic nitrogens is 1. The van der Waals surface area contributed by atoms with Crippen LogP contribution in [0.15, 0.2) is 24.4 Å². The van der Waals surface area contributed by atoms with E-state index in [0.29, 0.717) is 10.9 Å². The van der Waals surface area contributed by atoms with Crippen molar-refractivity contribution in [1.29, 1.82) is 0 Å². The molecule has 1 saturated heterocycles. The van der Waals surface area contributed by atoms with Gasteiger partial charge in [-0.25, -0.2) is 4.39 Å². The molecule has 1 aromatic heterocycles. The first kappa shape index (κ1) is 10.5. The molecule has 2 heterocycles. The molecule has 1 atom stereocenters. The number of hydrogen-bond acceptors (Lipinski definition) is 2. The van der Waals surface area contributed by atoms with Crippen LogP contribution < -0.4 is 5.32 Å². The fraction of sp³-hybridized carbons (Fsp3) is 0.308. The average Bonchev–Trinajstić information content (AvgIpc) is 2.97. The van der Waals surface area contributed by atoms with Crippen LogP contribution in [-0.4, -0.2) is 23.4 Å². The number of nitrogens with one attached hydrogen (secondary N) is 2. The maximum atomic E-state index is 13.2. The molecule has 0 amide bonds. The van der Waals surface area contributed by atoms with Crippen molar-refractivity contribution >= 4 is 16.7 Å². The van der Waals surface area contributed by atoms with E-state index in [1.165, 1.54) is 12.1 Å². The Labute approximate surface area is 98.0 Å². The zero-order chi connectivity index (χ0) is 11.8. The summed E-state index contributed by atoms with van der Waals surface area (Å²) in [7, 11) is 0. The van der Waals surface area contributed by atoms with Gasteiger partial charge in [-0.05, 0) is 37.6 Å². The highest BCUT2D eigenvalue weighted by molar-refractivity contribution is 6.10. The number of ketones is 1. The van der Waals surface area contributed by atoms with Crippen molar-refractivity contribution in [1.82, 2.24) is 10.3 Å². The van der Waals surface area contributed by atoms with Crippen LogP contribution in [0.1, 0.15) is 23.2 Å². The first-order chi connectivity index (χ1) is 8.25. The second kappa shape index (κ2) is 3.96. The summed E-state index contributed by atoms with van der Waals surface area (Å²) in [5.41, 5.74) is 1.38. The molecule has 0 radical (unpaired) electrons. The van der Waals surface area contributed by atoms with E-state index in [4.69, 9.17) is 0 Å². The zero-order valence-electron chi connectivity index (χ0n) is 9.29. The van der Waals surface area contributed by atoms with Gasteiger partial charge in [0.05, 0.1) is 6.04 Å². The lowest BCUT2D eigenvalue weighted by atomic mass is 10.0. The Hall–Kier alpha value is -1.68. The molecule has 3 nitrogen and oxygen atoms in total. The number of benzene rings is 1. The smallest absolute Gasteiger partial charge is 0.181 e. The van der Waals surface area contributed by atoms with Gasteiger partial charge >= 0.3 is 0 Å². The van der Waals surface area contributed by atoms with Crippen LogP contribution in [0.5, 0.6) is 0 Å². The normalized spacial score (nSPS) is 19.9.